The Morgan fingerprint density at radius 3 is 2.53 bits per heavy atom. The van der Waals surface area contributed by atoms with Crippen molar-refractivity contribution in [3.8, 4) is 23.3 Å². The quantitative estimate of drug-likeness (QED) is 0.257. The van der Waals surface area contributed by atoms with Crippen LogP contribution in [-0.4, -0.2) is 32.3 Å². The Balaban J connectivity index is 1.46. The maximum absolute atomic E-state index is 13.1. The average Bonchev–Trinajstić information content (AvgIpc) is 3.31. The first-order valence-electron chi connectivity index (χ1n) is 11.3. The monoisotopic (exact) mass is 454 g/mol. The van der Waals surface area contributed by atoms with Crippen LogP contribution in [0.15, 0.2) is 78.4 Å². The molecule has 3 aromatic rings. The second-order valence-electron chi connectivity index (χ2n) is 7.65. The van der Waals surface area contributed by atoms with E-state index in [1.807, 2.05) is 61.5 Å². The number of anilines is 1. The molecule has 0 aliphatic carbocycles. The standard InChI is InChI=1S/C28H26N2O4/c1-2-32-27-19-21(12-13-26(27)34-17-16-33-24-9-4-3-5-10-24)18-23(20-29)28(31)30-15-14-22-8-6-7-11-25(22)30/h3-13,18-19H,2,14-17H2,1H3/b23-18+. The Hall–Kier alpha value is -4.24. The zero-order chi connectivity index (χ0) is 23.8. The van der Waals surface area contributed by atoms with E-state index in [2.05, 4.69) is 6.07 Å². The molecule has 3 aromatic carbocycles. The van der Waals surface area contributed by atoms with Crippen molar-refractivity contribution in [2.24, 2.45) is 0 Å². The summed E-state index contributed by atoms with van der Waals surface area (Å²) < 4.78 is 17.3. The van der Waals surface area contributed by atoms with Crippen LogP contribution in [0.2, 0.25) is 0 Å². The highest BCUT2D eigenvalue weighted by molar-refractivity contribution is 6.12. The van der Waals surface area contributed by atoms with Crippen molar-refractivity contribution in [3.63, 3.8) is 0 Å². The molecule has 0 atom stereocenters. The van der Waals surface area contributed by atoms with Gasteiger partial charge in [0.1, 0.15) is 30.6 Å². The van der Waals surface area contributed by atoms with Crippen LogP contribution in [0.4, 0.5) is 5.69 Å². The number of fused-ring (bicyclic) bond motifs is 1. The molecule has 0 saturated carbocycles. The van der Waals surface area contributed by atoms with Crippen LogP contribution in [-0.2, 0) is 11.2 Å². The Morgan fingerprint density at radius 2 is 1.74 bits per heavy atom. The molecular weight excluding hydrogens is 428 g/mol. The summed E-state index contributed by atoms with van der Waals surface area (Å²) >= 11 is 0. The highest BCUT2D eigenvalue weighted by Crippen LogP contribution is 2.31. The SMILES string of the molecule is CCOc1cc(/C=C(\C#N)C(=O)N2CCc3ccccc32)ccc1OCCOc1ccccc1. The van der Waals surface area contributed by atoms with Crippen molar-refractivity contribution < 1.29 is 19.0 Å². The number of benzene rings is 3. The normalized spacial score (nSPS) is 12.6. The summed E-state index contributed by atoms with van der Waals surface area (Å²) in [5.41, 5.74) is 2.74. The highest BCUT2D eigenvalue weighted by Gasteiger charge is 2.26. The molecule has 6 nitrogen and oxygen atoms in total. The summed E-state index contributed by atoms with van der Waals surface area (Å²) in [6, 6.07) is 24.8. The van der Waals surface area contributed by atoms with Gasteiger partial charge in [-0.25, -0.2) is 0 Å². The zero-order valence-corrected chi connectivity index (χ0v) is 19.1. The topological polar surface area (TPSA) is 71.8 Å². The predicted octanol–water partition coefficient (Wildman–Crippen LogP) is 5.04. The zero-order valence-electron chi connectivity index (χ0n) is 19.1. The fourth-order valence-electron chi connectivity index (χ4n) is 3.83. The van der Waals surface area contributed by atoms with Crippen LogP contribution in [0.3, 0.4) is 0 Å². The van der Waals surface area contributed by atoms with Crippen LogP contribution in [0, 0.1) is 11.3 Å². The van der Waals surface area contributed by atoms with Gasteiger partial charge in [0.2, 0.25) is 0 Å². The molecule has 0 aromatic heterocycles. The summed E-state index contributed by atoms with van der Waals surface area (Å²) in [6.07, 6.45) is 2.38. The van der Waals surface area contributed by atoms with Crippen LogP contribution in [0.25, 0.3) is 6.08 Å². The molecule has 4 rings (SSSR count). The summed E-state index contributed by atoms with van der Waals surface area (Å²) in [5, 5.41) is 9.69. The number of hydrogen-bond donors (Lipinski definition) is 0. The number of amides is 1. The average molecular weight is 455 g/mol. The van der Waals surface area contributed by atoms with Gasteiger partial charge in [-0.1, -0.05) is 42.5 Å². The van der Waals surface area contributed by atoms with Gasteiger partial charge in [-0.3, -0.25) is 4.79 Å². The van der Waals surface area contributed by atoms with Gasteiger partial charge in [0, 0.05) is 12.2 Å². The third-order valence-electron chi connectivity index (χ3n) is 5.41. The van der Waals surface area contributed by atoms with Gasteiger partial charge in [-0.05, 0) is 60.9 Å². The van der Waals surface area contributed by atoms with Gasteiger partial charge >= 0.3 is 0 Å². The fourth-order valence-corrected chi connectivity index (χ4v) is 3.83. The van der Waals surface area contributed by atoms with E-state index >= 15 is 0 Å². The molecule has 172 valence electrons. The van der Waals surface area contributed by atoms with Crippen molar-refractivity contribution in [2.45, 2.75) is 13.3 Å². The molecule has 0 unspecified atom stereocenters. The van der Waals surface area contributed by atoms with Crippen LogP contribution < -0.4 is 19.1 Å². The second kappa shape index (κ2) is 11.1. The van der Waals surface area contributed by atoms with E-state index in [4.69, 9.17) is 14.2 Å². The minimum atomic E-state index is -0.302. The highest BCUT2D eigenvalue weighted by atomic mass is 16.5. The van der Waals surface area contributed by atoms with E-state index in [1.54, 1.807) is 29.2 Å². The summed E-state index contributed by atoms with van der Waals surface area (Å²) in [4.78, 5) is 14.7. The number of carbonyl (C=O) groups excluding carboxylic acids is 1. The van der Waals surface area contributed by atoms with Crippen molar-refractivity contribution >= 4 is 17.7 Å². The lowest BCUT2D eigenvalue weighted by atomic mass is 10.1. The molecule has 0 radical (unpaired) electrons. The number of para-hydroxylation sites is 2. The molecule has 1 heterocycles. The van der Waals surface area contributed by atoms with Crippen molar-refractivity contribution in [1.29, 1.82) is 5.26 Å². The minimum Gasteiger partial charge on any atom is -0.490 e. The summed E-state index contributed by atoms with van der Waals surface area (Å²) in [7, 11) is 0. The van der Waals surface area contributed by atoms with Crippen LogP contribution in [0.5, 0.6) is 17.2 Å². The lowest BCUT2D eigenvalue weighted by molar-refractivity contribution is -0.114. The number of rotatable bonds is 9. The Morgan fingerprint density at radius 1 is 0.971 bits per heavy atom. The second-order valence-corrected chi connectivity index (χ2v) is 7.65. The lowest BCUT2D eigenvalue weighted by Gasteiger charge is -2.17. The predicted molar refractivity (Wildman–Crippen MR) is 131 cm³/mol. The molecule has 1 aliphatic heterocycles. The van der Waals surface area contributed by atoms with Crippen molar-refractivity contribution in [1.82, 2.24) is 0 Å². The fraction of sp³-hybridized carbons (Fsp3) is 0.214. The van der Waals surface area contributed by atoms with Crippen LogP contribution in [0.1, 0.15) is 18.1 Å². The van der Waals surface area contributed by atoms with Crippen molar-refractivity contribution in [3.05, 3.63) is 89.5 Å². The van der Waals surface area contributed by atoms with Gasteiger partial charge in [0.25, 0.3) is 5.91 Å². The maximum Gasteiger partial charge on any atom is 0.268 e. The Labute approximate surface area is 199 Å². The van der Waals surface area contributed by atoms with E-state index in [0.29, 0.717) is 43.4 Å². The molecule has 0 fully saturated rings. The first-order chi connectivity index (χ1) is 16.7. The molecule has 0 N–H and O–H groups in total. The lowest BCUT2D eigenvalue weighted by Crippen LogP contribution is -2.29. The number of carbonyl (C=O) groups is 1. The number of ether oxygens (including phenoxy) is 3. The maximum atomic E-state index is 13.1. The molecule has 0 spiro atoms. The summed E-state index contributed by atoms with van der Waals surface area (Å²) in [6.45, 7) is 3.65. The molecule has 6 heteroatoms. The Bertz CT molecular complexity index is 1210. The van der Waals surface area contributed by atoms with Gasteiger partial charge < -0.3 is 19.1 Å². The van der Waals surface area contributed by atoms with E-state index in [1.165, 1.54) is 0 Å². The van der Waals surface area contributed by atoms with Crippen LogP contribution >= 0.6 is 0 Å². The molecule has 1 aliphatic rings. The molecule has 34 heavy (non-hydrogen) atoms. The first-order valence-corrected chi connectivity index (χ1v) is 11.3. The smallest absolute Gasteiger partial charge is 0.268 e. The minimum absolute atomic E-state index is 0.0732. The molecular formula is C28H26N2O4. The van der Waals surface area contributed by atoms with Crippen molar-refractivity contribution in [2.75, 3.05) is 31.3 Å². The van der Waals surface area contributed by atoms with E-state index in [0.717, 1.165) is 23.4 Å². The number of nitrogens with zero attached hydrogens (tertiary/aromatic N) is 2. The molecule has 1 amide bonds. The van der Waals surface area contributed by atoms with E-state index in [-0.39, 0.29) is 11.5 Å². The van der Waals surface area contributed by atoms with Gasteiger partial charge in [-0.15, -0.1) is 0 Å². The number of hydrogen-bond acceptors (Lipinski definition) is 5. The third-order valence-corrected chi connectivity index (χ3v) is 5.41. The van der Waals surface area contributed by atoms with E-state index in [9.17, 15) is 10.1 Å². The largest absolute Gasteiger partial charge is 0.490 e. The number of nitriles is 1. The Kier molecular flexibility index (Phi) is 7.46. The molecule has 0 bridgehead atoms. The first kappa shape index (κ1) is 22.9. The summed E-state index contributed by atoms with van der Waals surface area (Å²) in [5.74, 6) is 1.61. The van der Waals surface area contributed by atoms with Gasteiger partial charge in [0.15, 0.2) is 11.5 Å². The van der Waals surface area contributed by atoms with E-state index < -0.39 is 0 Å². The third kappa shape index (κ3) is 5.38. The molecule has 0 saturated heterocycles. The van der Waals surface area contributed by atoms with Gasteiger partial charge in [0.05, 0.1) is 6.61 Å². The van der Waals surface area contributed by atoms with Gasteiger partial charge in [-0.2, -0.15) is 5.26 Å².